The molecule has 1 spiro atoms. The molecule has 4 heterocycles. The van der Waals surface area contributed by atoms with E-state index >= 15 is 0 Å². The van der Waals surface area contributed by atoms with Gasteiger partial charge in [0.2, 0.25) is 11.8 Å². The number of halogens is 1. The molecule has 47 heavy (non-hydrogen) atoms. The Bertz CT molecular complexity index is 1360. The fraction of sp³-hybridized carbons (Fsp3) is 0.667. The zero-order valence-corrected chi connectivity index (χ0v) is 29.2. The summed E-state index contributed by atoms with van der Waals surface area (Å²) < 4.78 is 5.43. The number of benzene rings is 1. The van der Waals surface area contributed by atoms with E-state index in [1.165, 1.54) is 19.3 Å². The Hall–Kier alpha value is -2.95. The number of aryl methyl sites for hydroxylation is 2. The van der Waals surface area contributed by atoms with Crippen LogP contribution in [0, 0.1) is 19.8 Å². The number of rotatable bonds is 9. The normalized spacial score (nSPS) is 23.0. The summed E-state index contributed by atoms with van der Waals surface area (Å²) in [6.07, 6.45) is 9.86. The van der Waals surface area contributed by atoms with Crippen molar-refractivity contribution in [3.05, 3.63) is 52.3 Å². The first-order valence-corrected chi connectivity index (χ1v) is 17.7. The van der Waals surface area contributed by atoms with Gasteiger partial charge in [-0.25, -0.2) is 0 Å². The number of carbonyl (C=O) groups excluding carboxylic acids is 3. The van der Waals surface area contributed by atoms with Crippen LogP contribution in [0.25, 0.3) is 0 Å². The number of likely N-dealkylation sites (tertiary alicyclic amines) is 1. The van der Waals surface area contributed by atoms with Crippen LogP contribution in [0.1, 0.15) is 110 Å². The van der Waals surface area contributed by atoms with Crippen LogP contribution in [-0.2, 0) is 14.3 Å². The van der Waals surface area contributed by atoms with Gasteiger partial charge in [-0.1, -0.05) is 57.6 Å². The number of nitrogens with zero attached hydrogens (tertiary/aromatic N) is 4. The minimum Gasteiger partial charge on any atom is -0.378 e. The number of H-pyrrole nitrogens is 1. The maximum Gasteiger partial charge on any atom is 0.254 e. The highest BCUT2D eigenvalue weighted by Gasteiger charge is 2.54. The largest absolute Gasteiger partial charge is 0.378 e. The fourth-order valence-corrected chi connectivity index (χ4v) is 8.36. The summed E-state index contributed by atoms with van der Waals surface area (Å²) in [7, 11) is 0. The van der Waals surface area contributed by atoms with Gasteiger partial charge in [-0.05, 0) is 63.1 Å². The minimum atomic E-state index is -0.814. The summed E-state index contributed by atoms with van der Waals surface area (Å²) in [5.41, 5.74) is 4.03. The van der Waals surface area contributed by atoms with Crippen LogP contribution in [0.5, 0.6) is 0 Å². The Balaban J connectivity index is 0.00000433. The lowest BCUT2D eigenvalue weighted by atomic mass is 9.78. The third-order valence-electron chi connectivity index (χ3n) is 11.1. The highest BCUT2D eigenvalue weighted by molar-refractivity contribution is 6.00. The molecule has 11 heteroatoms. The lowest BCUT2D eigenvalue weighted by Gasteiger charge is -2.53. The van der Waals surface area contributed by atoms with Gasteiger partial charge in [0.15, 0.2) is 0 Å². The zero-order chi connectivity index (χ0) is 32.3. The van der Waals surface area contributed by atoms with E-state index < -0.39 is 11.6 Å². The van der Waals surface area contributed by atoms with E-state index in [0.29, 0.717) is 70.3 Å². The number of unbranched alkanes of at least 4 members (excludes halogenated alkanes) is 1. The van der Waals surface area contributed by atoms with Crippen molar-refractivity contribution >= 4 is 30.1 Å². The molecule has 0 radical (unpaired) electrons. The summed E-state index contributed by atoms with van der Waals surface area (Å²) in [5, 5.41) is 10.9. The first-order chi connectivity index (χ1) is 22.3. The second-order valence-electron chi connectivity index (χ2n) is 14.0. The van der Waals surface area contributed by atoms with Crippen molar-refractivity contribution in [2.75, 3.05) is 45.9 Å². The number of amides is 3. The molecular formula is C36H53ClN6O4. The molecule has 3 aliphatic heterocycles. The van der Waals surface area contributed by atoms with E-state index in [-0.39, 0.29) is 36.2 Å². The molecule has 0 bridgehead atoms. The molecule has 1 aliphatic carbocycles. The van der Waals surface area contributed by atoms with Crippen LogP contribution in [0.15, 0.2) is 24.3 Å². The standard InChI is InChI=1S/C36H52N6O4.ClH/c1-4-5-17-42-34(44)30(24-27-9-7-6-8-10-27)37-35(45)36(42)15-18-40(19-16-36)32(31-25(2)38-39-26(31)3)28-11-13-29(14-12-28)33(43)41-20-22-46-23-21-41;/h11-14,27,30,32H,4-10,15-24H2,1-3H3,(H,37,45)(H,38,39);1H/t30-,32?;/m0./s1. The van der Waals surface area contributed by atoms with Crippen molar-refractivity contribution in [3.63, 3.8) is 0 Å². The number of carbonyl (C=O) groups is 3. The maximum absolute atomic E-state index is 14.1. The molecule has 4 aliphatic rings. The monoisotopic (exact) mass is 668 g/mol. The van der Waals surface area contributed by atoms with Crippen LogP contribution in [-0.4, -0.2) is 100 Å². The summed E-state index contributed by atoms with van der Waals surface area (Å²) in [6, 6.07) is 7.50. The molecule has 1 aromatic heterocycles. The molecule has 1 unspecified atom stereocenters. The van der Waals surface area contributed by atoms with Gasteiger partial charge in [-0.15, -0.1) is 12.4 Å². The number of piperazine rings is 1. The Morgan fingerprint density at radius 3 is 2.32 bits per heavy atom. The second kappa shape index (κ2) is 15.5. The molecule has 2 N–H and O–H groups in total. The Labute approximate surface area is 285 Å². The third kappa shape index (κ3) is 7.25. The third-order valence-corrected chi connectivity index (χ3v) is 11.1. The molecule has 1 saturated carbocycles. The van der Waals surface area contributed by atoms with E-state index in [1.54, 1.807) is 0 Å². The van der Waals surface area contributed by atoms with Crippen molar-refractivity contribution < 1.29 is 19.1 Å². The van der Waals surface area contributed by atoms with Crippen molar-refractivity contribution in [3.8, 4) is 0 Å². The van der Waals surface area contributed by atoms with E-state index in [4.69, 9.17) is 4.74 Å². The van der Waals surface area contributed by atoms with E-state index in [1.807, 2.05) is 28.9 Å². The molecule has 4 fully saturated rings. The molecule has 6 rings (SSSR count). The topological polar surface area (TPSA) is 111 Å². The van der Waals surface area contributed by atoms with Gasteiger partial charge in [-0.3, -0.25) is 24.4 Å². The second-order valence-corrected chi connectivity index (χ2v) is 14.0. The number of aromatic amines is 1. The van der Waals surface area contributed by atoms with Crippen LogP contribution in [0.4, 0.5) is 0 Å². The number of ether oxygens (including phenoxy) is 1. The van der Waals surface area contributed by atoms with E-state index in [2.05, 4.69) is 46.4 Å². The molecule has 2 aromatic rings. The van der Waals surface area contributed by atoms with Crippen LogP contribution >= 0.6 is 12.4 Å². The van der Waals surface area contributed by atoms with Crippen LogP contribution < -0.4 is 5.32 Å². The SMILES string of the molecule is CCCCN1C(=O)[C@H](CC2CCCCC2)NC(=O)C12CCN(C(c1ccc(C(=O)N3CCOCC3)cc1)c1c(C)n[nH]c1C)CC2.Cl. The number of piperidine rings is 1. The van der Waals surface area contributed by atoms with Gasteiger partial charge in [0.05, 0.1) is 24.9 Å². The summed E-state index contributed by atoms with van der Waals surface area (Å²) in [4.78, 5) is 47.6. The number of morpholine rings is 1. The summed E-state index contributed by atoms with van der Waals surface area (Å²) in [5.74, 6) is 0.695. The molecule has 258 valence electrons. The minimum absolute atomic E-state index is 0. The average Bonchev–Trinajstić information content (AvgIpc) is 3.42. The predicted molar refractivity (Wildman–Crippen MR) is 184 cm³/mol. The number of nitrogens with one attached hydrogen (secondary N) is 2. The highest BCUT2D eigenvalue weighted by Crippen LogP contribution is 2.40. The van der Waals surface area contributed by atoms with Crippen molar-refractivity contribution in [2.24, 2.45) is 5.92 Å². The Kier molecular flexibility index (Phi) is 11.7. The maximum atomic E-state index is 14.1. The van der Waals surface area contributed by atoms with Gasteiger partial charge in [0, 0.05) is 49.5 Å². The van der Waals surface area contributed by atoms with Crippen molar-refractivity contribution in [2.45, 2.75) is 103 Å². The predicted octanol–water partition coefficient (Wildman–Crippen LogP) is 4.94. The lowest BCUT2D eigenvalue weighted by Crippen LogP contribution is -2.73. The Morgan fingerprint density at radius 2 is 1.70 bits per heavy atom. The smallest absolute Gasteiger partial charge is 0.254 e. The first-order valence-electron chi connectivity index (χ1n) is 17.7. The molecule has 1 aromatic carbocycles. The van der Waals surface area contributed by atoms with Crippen LogP contribution in [0.3, 0.4) is 0 Å². The average molecular weight is 669 g/mol. The molecule has 3 saturated heterocycles. The van der Waals surface area contributed by atoms with Crippen molar-refractivity contribution in [1.82, 2.24) is 30.2 Å². The molecule has 3 amide bonds. The van der Waals surface area contributed by atoms with Gasteiger partial charge in [0.1, 0.15) is 11.6 Å². The zero-order valence-electron chi connectivity index (χ0n) is 28.4. The molecular weight excluding hydrogens is 616 g/mol. The summed E-state index contributed by atoms with van der Waals surface area (Å²) >= 11 is 0. The first kappa shape index (κ1) is 35.4. The van der Waals surface area contributed by atoms with Crippen LogP contribution in [0.2, 0.25) is 0 Å². The van der Waals surface area contributed by atoms with E-state index in [0.717, 1.165) is 54.6 Å². The van der Waals surface area contributed by atoms with Gasteiger partial charge >= 0.3 is 0 Å². The number of aromatic nitrogens is 2. The van der Waals surface area contributed by atoms with Gasteiger partial charge in [0.25, 0.3) is 5.91 Å². The van der Waals surface area contributed by atoms with Crippen molar-refractivity contribution in [1.29, 1.82) is 0 Å². The molecule has 2 atom stereocenters. The van der Waals surface area contributed by atoms with Gasteiger partial charge < -0.3 is 19.9 Å². The summed E-state index contributed by atoms with van der Waals surface area (Å²) in [6.45, 7) is 10.5. The number of hydrogen-bond acceptors (Lipinski definition) is 6. The van der Waals surface area contributed by atoms with Gasteiger partial charge in [-0.2, -0.15) is 5.10 Å². The number of hydrogen-bond donors (Lipinski definition) is 2. The highest BCUT2D eigenvalue weighted by atomic mass is 35.5. The van der Waals surface area contributed by atoms with E-state index in [9.17, 15) is 14.4 Å². The Morgan fingerprint density at radius 1 is 1.02 bits per heavy atom. The fourth-order valence-electron chi connectivity index (χ4n) is 8.36. The molecule has 10 nitrogen and oxygen atoms in total. The lowest BCUT2D eigenvalue weighted by molar-refractivity contribution is -0.162. The quantitative estimate of drug-likeness (QED) is 0.392.